The predicted octanol–water partition coefficient (Wildman–Crippen LogP) is -2.52. The molecule has 0 aromatic rings. The molecule has 0 fully saturated rings. The van der Waals surface area contributed by atoms with Crippen molar-refractivity contribution in [2.45, 2.75) is 69.1 Å². The number of carboxylic acids is 2. The molecule has 0 saturated carbocycles. The molecule has 0 bridgehead atoms. The van der Waals surface area contributed by atoms with Gasteiger partial charge in [0, 0.05) is 6.42 Å². The fraction of sp³-hybridized carbons (Fsp3) is 0.700. The number of thioether (sulfide) groups is 1. The largest absolute Gasteiger partial charge is 0.481 e. The SMILES string of the molecule is CSCCC(NC(=O)C(CCC(N)=O)NC(=O)C(CCCCN)NC(=O)C(N)CC(=O)O)C(=O)O. The minimum Gasteiger partial charge on any atom is -0.481 e. The standard InChI is InChI=1S/C20H36N6O8S/c1-35-9-7-14(20(33)34)26-19(32)13(5-6-15(23)27)25-18(31)12(4-2-3-8-21)24-17(30)11(22)10-16(28)29/h11-14H,2-10,21-22H2,1H3,(H2,23,27)(H,24,30)(H,25,31)(H,26,32)(H,28,29)(H,33,34). The van der Waals surface area contributed by atoms with E-state index in [0.717, 1.165) is 0 Å². The van der Waals surface area contributed by atoms with Crippen molar-refractivity contribution in [2.24, 2.45) is 17.2 Å². The highest BCUT2D eigenvalue weighted by Gasteiger charge is 2.30. The van der Waals surface area contributed by atoms with Crippen molar-refractivity contribution in [3.63, 3.8) is 0 Å². The van der Waals surface area contributed by atoms with Crippen molar-refractivity contribution in [3.05, 3.63) is 0 Å². The molecule has 0 saturated heterocycles. The first-order valence-corrected chi connectivity index (χ1v) is 12.4. The summed E-state index contributed by atoms with van der Waals surface area (Å²) in [6.45, 7) is 0.330. The van der Waals surface area contributed by atoms with Crippen LogP contribution < -0.4 is 33.2 Å². The van der Waals surface area contributed by atoms with Crippen LogP contribution in [-0.4, -0.2) is 88.5 Å². The molecule has 0 aliphatic rings. The normalized spacial score (nSPS) is 14.1. The Labute approximate surface area is 207 Å². The smallest absolute Gasteiger partial charge is 0.326 e. The molecule has 0 spiro atoms. The molecule has 4 amide bonds. The Morgan fingerprint density at radius 2 is 1.37 bits per heavy atom. The highest BCUT2D eigenvalue weighted by Crippen LogP contribution is 2.07. The lowest BCUT2D eigenvalue weighted by atomic mass is 10.0. The molecule has 35 heavy (non-hydrogen) atoms. The summed E-state index contributed by atoms with van der Waals surface area (Å²) < 4.78 is 0. The molecule has 0 aromatic carbocycles. The second kappa shape index (κ2) is 17.5. The maximum absolute atomic E-state index is 12.9. The number of unbranched alkanes of at least 4 members (excludes halogenated alkanes) is 1. The minimum absolute atomic E-state index is 0.115. The van der Waals surface area contributed by atoms with Gasteiger partial charge in [-0.05, 0) is 50.7 Å². The van der Waals surface area contributed by atoms with Crippen LogP contribution in [0, 0.1) is 0 Å². The van der Waals surface area contributed by atoms with Gasteiger partial charge < -0.3 is 43.4 Å². The molecular formula is C20H36N6O8S. The fourth-order valence-corrected chi connectivity index (χ4v) is 3.39. The molecule has 0 heterocycles. The van der Waals surface area contributed by atoms with Gasteiger partial charge in [-0.25, -0.2) is 4.79 Å². The molecule has 0 aromatic heterocycles. The van der Waals surface area contributed by atoms with Crippen LogP contribution in [0.25, 0.3) is 0 Å². The number of nitrogens with two attached hydrogens (primary N) is 3. The molecule has 14 nitrogen and oxygen atoms in total. The number of primary amides is 1. The summed E-state index contributed by atoms with van der Waals surface area (Å²) >= 11 is 1.39. The maximum Gasteiger partial charge on any atom is 0.326 e. The van der Waals surface area contributed by atoms with Crippen LogP contribution in [0.4, 0.5) is 0 Å². The Morgan fingerprint density at radius 3 is 1.86 bits per heavy atom. The van der Waals surface area contributed by atoms with Gasteiger partial charge in [0.15, 0.2) is 0 Å². The molecule has 0 radical (unpaired) electrons. The monoisotopic (exact) mass is 520 g/mol. The van der Waals surface area contributed by atoms with E-state index in [0.29, 0.717) is 25.1 Å². The van der Waals surface area contributed by atoms with Gasteiger partial charge in [-0.15, -0.1) is 0 Å². The molecule has 0 aliphatic carbocycles. The molecule has 0 rings (SSSR count). The van der Waals surface area contributed by atoms with Gasteiger partial charge in [-0.3, -0.25) is 24.0 Å². The van der Waals surface area contributed by atoms with Crippen LogP contribution >= 0.6 is 11.8 Å². The topological polar surface area (TPSA) is 257 Å². The van der Waals surface area contributed by atoms with Gasteiger partial charge in [0.05, 0.1) is 12.5 Å². The van der Waals surface area contributed by atoms with E-state index in [1.54, 1.807) is 6.26 Å². The molecular weight excluding hydrogens is 484 g/mol. The zero-order valence-corrected chi connectivity index (χ0v) is 20.5. The number of hydrogen-bond donors (Lipinski definition) is 8. The molecule has 4 unspecified atom stereocenters. The Kier molecular flexibility index (Phi) is 16.1. The Bertz CT molecular complexity index is 753. The molecule has 11 N–H and O–H groups in total. The second-order valence-corrected chi connectivity index (χ2v) is 8.78. The van der Waals surface area contributed by atoms with E-state index in [1.807, 2.05) is 0 Å². The zero-order chi connectivity index (χ0) is 27.0. The minimum atomic E-state index is -1.40. The number of hydrogen-bond acceptors (Lipinski definition) is 9. The first-order chi connectivity index (χ1) is 16.4. The van der Waals surface area contributed by atoms with Crippen molar-refractivity contribution in [2.75, 3.05) is 18.6 Å². The van der Waals surface area contributed by atoms with E-state index in [2.05, 4.69) is 16.0 Å². The summed E-state index contributed by atoms with van der Waals surface area (Å²) in [7, 11) is 0. The third-order valence-corrected chi connectivity index (χ3v) is 5.49. The lowest BCUT2D eigenvalue weighted by Crippen LogP contribution is -2.57. The highest BCUT2D eigenvalue weighted by atomic mass is 32.2. The Hall–Kier alpha value is -2.91. The van der Waals surface area contributed by atoms with Gasteiger partial charge in [0.1, 0.15) is 18.1 Å². The number of carboxylic acid groups (broad SMARTS) is 2. The Morgan fingerprint density at radius 1 is 0.829 bits per heavy atom. The predicted molar refractivity (Wildman–Crippen MR) is 128 cm³/mol. The fourth-order valence-electron chi connectivity index (χ4n) is 2.91. The van der Waals surface area contributed by atoms with Gasteiger partial charge in [0.2, 0.25) is 23.6 Å². The van der Waals surface area contributed by atoms with E-state index in [1.165, 1.54) is 11.8 Å². The van der Waals surface area contributed by atoms with Gasteiger partial charge in [-0.1, -0.05) is 0 Å². The van der Waals surface area contributed by atoms with E-state index in [-0.39, 0.29) is 25.7 Å². The number of nitrogens with one attached hydrogen (secondary N) is 3. The first-order valence-electron chi connectivity index (χ1n) is 11.0. The van der Waals surface area contributed by atoms with Crippen molar-refractivity contribution in [1.82, 2.24) is 16.0 Å². The first kappa shape index (κ1) is 32.1. The van der Waals surface area contributed by atoms with Crippen LogP contribution in [0.15, 0.2) is 0 Å². The average molecular weight is 521 g/mol. The van der Waals surface area contributed by atoms with Gasteiger partial charge in [0.25, 0.3) is 0 Å². The third kappa shape index (κ3) is 14.2. The van der Waals surface area contributed by atoms with Crippen molar-refractivity contribution in [1.29, 1.82) is 0 Å². The van der Waals surface area contributed by atoms with Crippen molar-refractivity contribution in [3.8, 4) is 0 Å². The van der Waals surface area contributed by atoms with E-state index in [9.17, 15) is 33.9 Å². The van der Waals surface area contributed by atoms with Crippen LogP contribution in [0.3, 0.4) is 0 Å². The molecule has 15 heteroatoms. The number of carbonyl (C=O) groups excluding carboxylic acids is 4. The van der Waals surface area contributed by atoms with Gasteiger partial charge >= 0.3 is 11.9 Å². The number of aliphatic carboxylic acids is 2. The summed E-state index contributed by atoms with van der Waals surface area (Å²) in [6, 6.07) is -5.10. The number of rotatable bonds is 19. The zero-order valence-electron chi connectivity index (χ0n) is 19.7. The van der Waals surface area contributed by atoms with E-state index >= 15 is 0 Å². The second-order valence-electron chi connectivity index (χ2n) is 7.80. The average Bonchev–Trinajstić information content (AvgIpc) is 2.77. The summed E-state index contributed by atoms with van der Waals surface area (Å²) in [5.74, 6) is -5.33. The quantitative estimate of drug-likeness (QED) is 0.0824. The van der Waals surface area contributed by atoms with Crippen molar-refractivity contribution < 1.29 is 39.0 Å². The van der Waals surface area contributed by atoms with Crippen LogP contribution in [0.5, 0.6) is 0 Å². The highest BCUT2D eigenvalue weighted by molar-refractivity contribution is 7.98. The molecule has 200 valence electrons. The molecule has 0 aliphatic heterocycles. The lowest BCUT2D eigenvalue weighted by Gasteiger charge is -2.25. The van der Waals surface area contributed by atoms with Crippen molar-refractivity contribution >= 4 is 47.3 Å². The Balaban J connectivity index is 5.55. The summed E-state index contributed by atoms with van der Waals surface area (Å²) in [6.07, 6.45) is 1.86. The number of carbonyl (C=O) groups is 6. The van der Waals surface area contributed by atoms with Crippen LogP contribution in [0.1, 0.15) is 44.9 Å². The number of amides is 4. The summed E-state index contributed by atoms with van der Waals surface area (Å²) in [4.78, 5) is 71.5. The summed E-state index contributed by atoms with van der Waals surface area (Å²) in [5.41, 5.74) is 16.2. The van der Waals surface area contributed by atoms with E-state index in [4.69, 9.17) is 22.3 Å². The summed E-state index contributed by atoms with van der Waals surface area (Å²) in [5, 5.41) is 25.3. The maximum atomic E-state index is 12.9. The van der Waals surface area contributed by atoms with Crippen LogP contribution in [0.2, 0.25) is 0 Å². The van der Waals surface area contributed by atoms with Gasteiger partial charge in [-0.2, -0.15) is 11.8 Å². The third-order valence-electron chi connectivity index (χ3n) is 4.85. The molecule has 4 atom stereocenters. The van der Waals surface area contributed by atoms with Crippen LogP contribution in [-0.2, 0) is 28.8 Å². The van der Waals surface area contributed by atoms with E-state index < -0.39 is 66.2 Å². The lowest BCUT2D eigenvalue weighted by molar-refractivity contribution is -0.142.